The van der Waals surface area contributed by atoms with Crippen molar-refractivity contribution in [3.63, 3.8) is 0 Å². The maximum absolute atomic E-state index is 13.2. The van der Waals surface area contributed by atoms with E-state index in [2.05, 4.69) is 17.1 Å². The van der Waals surface area contributed by atoms with E-state index < -0.39 is 11.9 Å². The maximum Gasteiger partial charge on any atom is 0.339 e. The van der Waals surface area contributed by atoms with E-state index in [0.717, 1.165) is 53.7 Å². The molecule has 1 N–H and O–H groups in total. The number of carbonyl (C=O) groups excluding carboxylic acids is 2. The molecule has 0 unspecified atom stereocenters. The van der Waals surface area contributed by atoms with E-state index in [0.29, 0.717) is 22.8 Å². The summed E-state index contributed by atoms with van der Waals surface area (Å²) < 4.78 is 5.46. The lowest BCUT2D eigenvalue weighted by atomic mass is 9.95. The number of halogens is 1. The molecule has 0 aliphatic carbocycles. The fourth-order valence-electron chi connectivity index (χ4n) is 4.06. The molecule has 3 aromatic rings. The highest BCUT2D eigenvalue weighted by molar-refractivity contribution is 6.31. The first kappa shape index (κ1) is 22.2. The van der Waals surface area contributed by atoms with E-state index in [1.807, 2.05) is 37.3 Å². The second-order valence-corrected chi connectivity index (χ2v) is 8.45. The van der Waals surface area contributed by atoms with E-state index in [4.69, 9.17) is 21.3 Å². The number of esters is 1. The van der Waals surface area contributed by atoms with Gasteiger partial charge in [0.2, 0.25) is 0 Å². The second kappa shape index (κ2) is 9.67. The summed E-state index contributed by atoms with van der Waals surface area (Å²) in [6.45, 7) is 6.18. The van der Waals surface area contributed by atoms with Gasteiger partial charge in [-0.2, -0.15) is 0 Å². The number of pyridine rings is 1. The molecule has 4 rings (SSSR count). The Kier molecular flexibility index (Phi) is 6.72. The highest BCUT2D eigenvalue weighted by Crippen LogP contribution is 2.29. The van der Waals surface area contributed by atoms with E-state index in [-0.39, 0.29) is 6.61 Å². The number of para-hydroxylation sites is 1. The molecule has 2 aromatic carbocycles. The number of aromatic nitrogens is 1. The first-order valence-corrected chi connectivity index (χ1v) is 11.2. The lowest BCUT2D eigenvalue weighted by molar-refractivity contribution is -0.119. The monoisotopic (exact) mass is 451 g/mol. The van der Waals surface area contributed by atoms with Crippen LogP contribution < -0.4 is 5.32 Å². The SMILES string of the molecule is CCCN1CCc2nc3ccccc3c(C(=O)OCC(=O)Nc3ccc(C)c(Cl)c3)c2C1. The molecule has 166 valence electrons. The van der Waals surface area contributed by atoms with Gasteiger partial charge in [0.05, 0.1) is 11.1 Å². The van der Waals surface area contributed by atoms with Crippen LogP contribution in [0.2, 0.25) is 5.02 Å². The molecule has 6 nitrogen and oxygen atoms in total. The minimum Gasteiger partial charge on any atom is -0.452 e. The first-order valence-electron chi connectivity index (χ1n) is 10.8. The summed E-state index contributed by atoms with van der Waals surface area (Å²) in [5.74, 6) is -0.923. The summed E-state index contributed by atoms with van der Waals surface area (Å²) in [6, 6.07) is 12.8. The number of rotatable bonds is 6. The average molecular weight is 452 g/mol. The number of ether oxygens (including phenoxy) is 1. The molecule has 1 aliphatic heterocycles. The summed E-state index contributed by atoms with van der Waals surface area (Å²) in [6.07, 6.45) is 1.83. The molecule has 0 radical (unpaired) electrons. The topological polar surface area (TPSA) is 71.5 Å². The molecule has 0 fully saturated rings. The minimum atomic E-state index is -0.504. The van der Waals surface area contributed by atoms with Gasteiger partial charge in [-0.25, -0.2) is 4.79 Å². The van der Waals surface area contributed by atoms with Gasteiger partial charge in [-0.3, -0.25) is 14.7 Å². The zero-order valence-corrected chi connectivity index (χ0v) is 19.0. The Morgan fingerprint density at radius 3 is 2.81 bits per heavy atom. The molecule has 1 aromatic heterocycles. The standard InChI is InChI=1S/C25H26ClN3O3/c1-3-11-29-12-10-22-19(14-29)24(18-6-4-5-7-21(18)28-22)25(31)32-15-23(30)27-17-9-8-16(2)20(26)13-17/h4-9,13H,3,10-12,14-15H2,1-2H3,(H,27,30). The molecule has 2 heterocycles. The molecule has 0 saturated heterocycles. The summed E-state index contributed by atoms with van der Waals surface area (Å²) in [5.41, 5.74) is 4.59. The van der Waals surface area contributed by atoms with Crippen LogP contribution in [0, 0.1) is 6.92 Å². The van der Waals surface area contributed by atoms with Gasteiger partial charge < -0.3 is 10.1 Å². The third-order valence-corrected chi connectivity index (χ3v) is 6.07. The third kappa shape index (κ3) is 4.76. The summed E-state index contributed by atoms with van der Waals surface area (Å²) in [7, 11) is 0. The summed E-state index contributed by atoms with van der Waals surface area (Å²) in [5, 5.41) is 4.03. The quantitative estimate of drug-likeness (QED) is 0.547. The van der Waals surface area contributed by atoms with Crippen LogP contribution in [-0.4, -0.2) is 41.5 Å². The Labute approximate surface area is 192 Å². The van der Waals surface area contributed by atoms with Crippen molar-refractivity contribution in [2.75, 3.05) is 25.0 Å². The Morgan fingerprint density at radius 2 is 2.03 bits per heavy atom. The van der Waals surface area contributed by atoms with Crippen molar-refractivity contribution in [1.82, 2.24) is 9.88 Å². The largest absolute Gasteiger partial charge is 0.452 e. The number of nitrogens with one attached hydrogen (secondary N) is 1. The number of fused-ring (bicyclic) bond motifs is 2. The van der Waals surface area contributed by atoms with Crippen molar-refractivity contribution < 1.29 is 14.3 Å². The summed E-state index contributed by atoms with van der Waals surface area (Å²) in [4.78, 5) is 32.7. The van der Waals surface area contributed by atoms with Crippen LogP contribution in [0.25, 0.3) is 10.9 Å². The van der Waals surface area contributed by atoms with Crippen molar-refractivity contribution in [2.45, 2.75) is 33.2 Å². The molecule has 0 atom stereocenters. The number of amides is 1. The maximum atomic E-state index is 13.2. The minimum absolute atomic E-state index is 0.381. The molecule has 1 amide bonds. The van der Waals surface area contributed by atoms with Crippen molar-refractivity contribution in [1.29, 1.82) is 0 Å². The highest BCUT2D eigenvalue weighted by atomic mass is 35.5. The lowest BCUT2D eigenvalue weighted by Crippen LogP contribution is -2.33. The predicted molar refractivity (Wildman–Crippen MR) is 126 cm³/mol. The zero-order valence-electron chi connectivity index (χ0n) is 18.3. The summed E-state index contributed by atoms with van der Waals surface area (Å²) >= 11 is 6.12. The Morgan fingerprint density at radius 1 is 1.22 bits per heavy atom. The van der Waals surface area contributed by atoms with Crippen LogP contribution in [-0.2, 0) is 22.5 Å². The van der Waals surface area contributed by atoms with Crippen molar-refractivity contribution >= 4 is 40.1 Å². The number of carbonyl (C=O) groups is 2. The Balaban J connectivity index is 1.55. The lowest BCUT2D eigenvalue weighted by Gasteiger charge is -2.29. The van der Waals surface area contributed by atoms with Gasteiger partial charge in [-0.05, 0) is 43.7 Å². The van der Waals surface area contributed by atoms with E-state index in [1.165, 1.54) is 0 Å². The molecule has 1 aliphatic rings. The number of nitrogens with zero attached hydrogens (tertiary/aromatic N) is 2. The van der Waals surface area contributed by atoms with E-state index >= 15 is 0 Å². The van der Waals surface area contributed by atoms with Crippen LogP contribution in [0.4, 0.5) is 5.69 Å². The van der Waals surface area contributed by atoms with Gasteiger partial charge in [-0.15, -0.1) is 0 Å². The normalized spacial score (nSPS) is 13.6. The van der Waals surface area contributed by atoms with Gasteiger partial charge in [0.25, 0.3) is 5.91 Å². The van der Waals surface area contributed by atoms with Crippen LogP contribution in [0.5, 0.6) is 0 Å². The van der Waals surface area contributed by atoms with Crippen molar-refractivity contribution in [3.05, 3.63) is 69.9 Å². The Hall–Kier alpha value is -2.96. The average Bonchev–Trinajstić information content (AvgIpc) is 2.78. The predicted octanol–water partition coefficient (Wildman–Crippen LogP) is 4.76. The number of aryl methyl sites for hydroxylation is 1. The van der Waals surface area contributed by atoms with Crippen molar-refractivity contribution in [3.8, 4) is 0 Å². The molecule has 32 heavy (non-hydrogen) atoms. The fraction of sp³-hybridized carbons (Fsp3) is 0.320. The molecule has 0 saturated carbocycles. The van der Waals surface area contributed by atoms with E-state index in [1.54, 1.807) is 12.1 Å². The van der Waals surface area contributed by atoms with Gasteiger partial charge in [0, 0.05) is 46.9 Å². The molecule has 0 spiro atoms. The second-order valence-electron chi connectivity index (χ2n) is 8.04. The van der Waals surface area contributed by atoms with Gasteiger partial charge in [0.15, 0.2) is 6.61 Å². The third-order valence-electron chi connectivity index (χ3n) is 5.66. The first-order chi connectivity index (χ1) is 15.5. The zero-order chi connectivity index (χ0) is 22.7. The number of hydrogen-bond donors (Lipinski definition) is 1. The van der Waals surface area contributed by atoms with Crippen LogP contribution >= 0.6 is 11.6 Å². The van der Waals surface area contributed by atoms with Crippen molar-refractivity contribution in [2.24, 2.45) is 0 Å². The smallest absolute Gasteiger partial charge is 0.339 e. The van der Waals surface area contributed by atoms with Gasteiger partial charge >= 0.3 is 5.97 Å². The number of hydrogen-bond acceptors (Lipinski definition) is 5. The molecule has 0 bridgehead atoms. The van der Waals surface area contributed by atoms with Crippen LogP contribution in [0.15, 0.2) is 42.5 Å². The van der Waals surface area contributed by atoms with Crippen LogP contribution in [0.3, 0.4) is 0 Å². The molecule has 7 heteroatoms. The fourth-order valence-corrected chi connectivity index (χ4v) is 4.24. The van der Waals surface area contributed by atoms with Gasteiger partial charge in [-0.1, -0.05) is 42.8 Å². The molecular formula is C25H26ClN3O3. The van der Waals surface area contributed by atoms with Gasteiger partial charge in [0.1, 0.15) is 0 Å². The highest BCUT2D eigenvalue weighted by Gasteiger charge is 2.26. The Bertz CT molecular complexity index is 1180. The number of anilines is 1. The van der Waals surface area contributed by atoms with Crippen LogP contribution in [0.1, 0.15) is 40.5 Å². The number of benzene rings is 2. The molecular weight excluding hydrogens is 426 g/mol. The van der Waals surface area contributed by atoms with E-state index in [9.17, 15) is 9.59 Å².